The molecule has 0 rings (SSSR count). The van der Waals surface area contributed by atoms with Crippen molar-refractivity contribution < 1.29 is 9.53 Å². The van der Waals surface area contributed by atoms with Gasteiger partial charge >= 0.3 is 5.97 Å². The average Bonchev–Trinajstić information content (AvgIpc) is 2.56. The highest BCUT2D eigenvalue weighted by atomic mass is 16.5. The number of carbonyl (C=O) groups excluding carboxylic acids is 1. The second-order valence-corrected chi connectivity index (χ2v) is 6.34. The zero-order valence-electron chi connectivity index (χ0n) is 15.4. The van der Waals surface area contributed by atoms with E-state index in [1.807, 2.05) is 0 Å². The molecule has 0 radical (unpaired) electrons. The molecule has 0 fully saturated rings. The third kappa shape index (κ3) is 19.1. The van der Waals surface area contributed by atoms with Gasteiger partial charge in [-0.3, -0.25) is 4.79 Å². The minimum absolute atomic E-state index is 0.104. The van der Waals surface area contributed by atoms with Gasteiger partial charge in [0.2, 0.25) is 0 Å². The Morgan fingerprint density at radius 2 is 1.35 bits per heavy atom. The van der Waals surface area contributed by atoms with Crippen LogP contribution in [0.1, 0.15) is 96.8 Å². The molecule has 3 nitrogen and oxygen atoms in total. The van der Waals surface area contributed by atoms with E-state index in [1.54, 1.807) is 0 Å². The molecule has 0 saturated carbocycles. The standard InChI is InChI=1S/C20H39NO2/c1-2-3-4-5-6-7-8-9-10-11-12-13-14-15-16-17-20(22)23-19-18-21/h9-10H,2-8,11-19,21H2,1H3/b10-9-. The minimum Gasteiger partial charge on any atom is -0.464 e. The van der Waals surface area contributed by atoms with Crippen LogP contribution in [0.4, 0.5) is 0 Å². The Balaban J connectivity index is 3.14. The van der Waals surface area contributed by atoms with E-state index in [2.05, 4.69) is 19.1 Å². The number of nitrogens with two attached hydrogens (primary N) is 1. The predicted molar refractivity (Wildman–Crippen MR) is 99.5 cm³/mol. The number of ether oxygens (including phenoxy) is 1. The summed E-state index contributed by atoms with van der Waals surface area (Å²) in [4.78, 5) is 11.2. The van der Waals surface area contributed by atoms with Gasteiger partial charge in [-0.15, -0.1) is 0 Å². The number of unbranched alkanes of at least 4 members (excludes halogenated alkanes) is 11. The van der Waals surface area contributed by atoms with Crippen molar-refractivity contribution >= 4 is 5.97 Å². The zero-order chi connectivity index (χ0) is 17.0. The molecule has 0 amide bonds. The number of hydrogen-bond donors (Lipinski definition) is 1. The molecule has 0 aromatic heterocycles. The fraction of sp³-hybridized carbons (Fsp3) is 0.850. The molecule has 0 heterocycles. The summed E-state index contributed by atoms with van der Waals surface area (Å²) in [6, 6.07) is 0. The lowest BCUT2D eigenvalue weighted by Crippen LogP contribution is -2.13. The molecule has 0 spiro atoms. The maximum Gasteiger partial charge on any atom is 0.305 e. The van der Waals surface area contributed by atoms with E-state index in [9.17, 15) is 4.79 Å². The van der Waals surface area contributed by atoms with E-state index < -0.39 is 0 Å². The second kappa shape index (κ2) is 19.2. The molecule has 3 heteroatoms. The number of carbonyl (C=O) groups is 1. The van der Waals surface area contributed by atoms with Crippen LogP contribution in [0, 0.1) is 0 Å². The molecule has 0 atom stereocenters. The molecule has 0 aliphatic heterocycles. The highest BCUT2D eigenvalue weighted by molar-refractivity contribution is 5.69. The molecule has 0 saturated heterocycles. The Labute approximate surface area is 144 Å². The van der Waals surface area contributed by atoms with Crippen LogP contribution in [0.3, 0.4) is 0 Å². The highest BCUT2D eigenvalue weighted by Crippen LogP contribution is 2.10. The molecule has 0 unspecified atom stereocenters. The SMILES string of the molecule is CCCCCCCC/C=C\CCCCCCCC(=O)OCCN. The van der Waals surface area contributed by atoms with Crippen LogP contribution in [-0.2, 0) is 9.53 Å². The average molecular weight is 326 g/mol. The molecule has 23 heavy (non-hydrogen) atoms. The van der Waals surface area contributed by atoms with Crippen LogP contribution in [0.2, 0.25) is 0 Å². The topological polar surface area (TPSA) is 52.3 Å². The third-order valence-corrected chi connectivity index (χ3v) is 4.02. The van der Waals surface area contributed by atoms with E-state index in [-0.39, 0.29) is 5.97 Å². The van der Waals surface area contributed by atoms with Crippen molar-refractivity contribution in [1.29, 1.82) is 0 Å². The van der Waals surface area contributed by atoms with Crippen LogP contribution < -0.4 is 5.73 Å². The Morgan fingerprint density at radius 3 is 1.91 bits per heavy atom. The molecular formula is C20H39NO2. The summed E-state index contributed by atoms with van der Waals surface area (Å²) < 4.78 is 4.94. The first kappa shape index (κ1) is 22.2. The van der Waals surface area contributed by atoms with Gasteiger partial charge in [0.1, 0.15) is 6.61 Å². The lowest BCUT2D eigenvalue weighted by molar-refractivity contribution is -0.143. The Morgan fingerprint density at radius 1 is 0.826 bits per heavy atom. The normalized spacial score (nSPS) is 11.2. The van der Waals surface area contributed by atoms with Crippen molar-refractivity contribution in [3.05, 3.63) is 12.2 Å². The van der Waals surface area contributed by atoms with E-state index >= 15 is 0 Å². The maximum absolute atomic E-state index is 11.2. The number of rotatable bonds is 17. The quantitative estimate of drug-likeness (QED) is 0.217. The van der Waals surface area contributed by atoms with Gasteiger partial charge in [-0.2, -0.15) is 0 Å². The van der Waals surface area contributed by atoms with Crippen LogP contribution in [0.25, 0.3) is 0 Å². The molecule has 0 aromatic rings. The van der Waals surface area contributed by atoms with Crippen molar-refractivity contribution in [3.63, 3.8) is 0 Å². The van der Waals surface area contributed by atoms with E-state index in [4.69, 9.17) is 10.5 Å². The highest BCUT2D eigenvalue weighted by Gasteiger charge is 2.01. The van der Waals surface area contributed by atoms with Crippen molar-refractivity contribution in [3.8, 4) is 0 Å². The van der Waals surface area contributed by atoms with Gasteiger partial charge in [-0.25, -0.2) is 0 Å². The predicted octanol–water partition coefficient (Wildman–Crippen LogP) is 5.53. The van der Waals surface area contributed by atoms with Crippen molar-refractivity contribution in [2.75, 3.05) is 13.2 Å². The van der Waals surface area contributed by atoms with E-state index in [0.29, 0.717) is 19.6 Å². The van der Waals surface area contributed by atoms with E-state index in [1.165, 1.54) is 70.6 Å². The fourth-order valence-electron chi connectivity index (χ4n) is 2.59. The van der Waals surface area contributed by atoms with Crippen LogP contribution in [0.15, 0.2) is 12.2 Å². The summed E-state index contributed by atoms with van der Waals surface area (Å²) in [6.07, 6.45) is 21.8. The smallest absolute Gasteiger partial charge is 0.305 e. The number of allylic oxidation sites excluding steroid dienone is 2. The van der Waals surface area contributed by atoms with Crippen molar-refractivity contribution in [2.24, 2.45) is 5.73 Å². The zero-order valence-corrected chi connectivity index (χ0v) is 15.4. The summed E-state index contributed by atoms with van der Waals surface area (Å²) in [7, 11) is 0. The summed E-state index contributed by atoms with van der Waals surface area (Å²) in [5, 5.41) is 0. The van der Waals surface area contributed by atoms with Gasteiger partial charge in [-0.05, 0) is 32.1 Å². The van der Waals surface area contributed by atoms with Crippen LogP contribution in [0.5, 0.6) is 0 Å². The second-order valence-electron chi connectivity index (χ2n) is 6.34. The first-order chi connectivity index (χ1) is 11.3. The van der Waals surface area contributed by atoms with Crippen LogP contribution in [-0.4, -0.2) is 19.1 Å². The molecule has 0 aliphatic rings. The Hall–Kier alpha value is -0.830. The van der Waals surface area contributed by atoms with Gasteiger partial charge < -0.3 is 10.5 Å². The fourth-order valence-corrected chi connectivity index (χ4v) is 2.59. The molecule has 0 aliphatic carbocycles. The van der Waals surface area contributed by atoms with Crippen molar-refractivity contribution in [2.45, 2.75) is 96.8 Å². The molecule has 136 valence electrons. The first-order valence-corrected chi connectivity index (χ1v) is 9.82. The largest absolute Gasteiger partial charge is 0.464 e. The molecule has 0 aromatic carbocycles. The number of hydrogen-bond acceptors (Lipinski definition) is 3. The molecule has 2 N–H and O–H groups in total. The van der Waals surface area contributed by atoms with Crippen molar-refractivity contribution in [1.82, 2.24) is 0 Å². The Bertz CT molecular complexity index is 277. The molecule has 0 bridgehead atoms. The summed E-state index contributed by atoms with van der Waals surface area (Å²) in [6.45, 7) is 3.03. The van der Waals surface area contributed by atoms with Gasteiger partial charge in [0.05, 0.1) is 0 Å². The molecular weight excluding hydrogens is 286 g/mol. The maximum atomic E-state index is 11.2. The lowest BCUT2D eigenvalue weighted by atomic mass is 10.1. The van der Waals surface area contributed by atoms with Gasteiger partial charge in [0.15, 0.2) is 0 Å². The van der Waals surface area contributed by atoms with E-state index in [0.717, 1.165) is 12.8 Å². The summed E-state index contributed by atoms with van der Waals surface area (Å²) in [5.41, 5.74) is 5.28. The monoisotopic (exact) mass is 325 g/mol. The first-order valence-electron chi connectivity index (χ1n) is 9.82. The summed E-state index contributed by atoms with van der Waals surface area (Å²) in [5.74, 6) is -0.104. The van der Waals surface area contributed by atoms with Gasteiger partial charge in [0, 0.05) is 13.0 Å². The summed E-state index contributed by atoms with van der Waals surface area (Å²) >= 11 is 0. The Kier molecular flexibility index (Phi) is 18.5. The minimum atomic E-state index is -0.104. The lowest BCUT2D eigenvalue weighted by Gasteiger charge is -2.02. The number of esters is 1. The van der Waals surface area contributed by atoms with Gasteiger partial charge in [0.25, 0.3) is 0 Å². The third-order valence-electron chi connectivity index (χ3n) is 4.02. The van der Waals surface area contributed by atoms with Crippen LogP contribution >= 0.6 is 0 Å². The van der Waals surface area contributed by atoms with Gasteiger partial charge in [-0.1, -0.05) is 70.4 Å².